The molecule has 0 bridgehead atoms. The number of rotatable bonds is 9. The van der Waals surface area contributed by atoms with Gasteiger partial charge in [-0.2, -0.15) is 4.31 Å². The molecule has 1 atom stereocenters. The first kappa shape index (κ1) is 28.5. The Morgan fingerprint density at radius 3 is 2.27 bits per heavy atom. The lowest BCUT2D eigenvalue weighted by Crippen LogP contribution is -2.46. The average Bonchev–Trinajstić information content (AvgIpc) is 2.88. The lowest BCUT2D eigenvalue weighted by atomic mass is 10.1. The molecule has 7 nitrogen and oxygen atoms in total. The van der Waals surface area contributed by atoms with Crippen molar-refractivity contribution in [3.8, 4) is 0 Å². The lowest BCUT2D eigenvalue weighted by Gasteiger charge is -2.34. The van der Waals surface area contributed by atoms with Crippen LogP contribution in [-0.4, -0.2) is 57.5 Å². The molecule has 2 heterocycles. The first-order valence-corrected chi connectivity index (χ1v) is 15.2. The van der Waals surface area contributed by atoms with Crippen molar-refractivity contribution in [2.45, 2.75) is 56.0 Å². The fraction of sp³-hybridized carbons (Fsp3) is 0.500. The predicted molar refractivity (Wildman–Crippen MR) is 148 cm³/mol. The van der Waals surface area contributed by atoms with Crippen LogP contribution in [0.1, 0.15) is 44.1 Å². The maximum Gasteiger partial charge on any atom is 0.246 e. The van der Waals surface area contributed by atoms with Crippen molar-refractivity contribution in [3.63, 3.8) is 0 Å². The summed E-state index contributed by atoms with van der Waals surface area (Å²) >= 11 is 18.4. The van der Waals surface area contributed by atoms with Crippen LogP contribution in [0.15, 0.2) is 41.3 Å². The number of nitrogens with zero attached hydrogens (tertiary/aromatic N) is 2. The van der Waals surface area contributed by atoms with Gasteiger partial charge in [0.2, 0.25) is 15.9 Å². The molecule has 11 heteroatoms. The molecule has 37 heavy (non-hydrogen) atoms. The molecule has 2 saturated heterocycles. The zero-order chi connectivity index (χ0) is 26.4. The summed E-state index contributed by atoms with van der Waals surface area (Å²) in [6.07, 6.45) is 5.95. The van der Waals surface area contributed by atoms with Gasteiger partial charge in [-0.25, -0.2) is 8.42 Å². The third-order valence-electron chi connectivity index (χ3n) is 6.79. The highest BCUT2D eigenvalue weighted by atomic mass is 35.5. The van der Waals surface area contributed by atoms with Crippen LogP contribution in [0, 0.1) is 0 Å². The summed E-state index contributed by atoms with van der Waals surface area (Å²) in [6, 6.07) is 10.6. The van der Waals surface area contributed by atoms with Gasteiger partial charge >= 0.3 is 0 Å². The summed E-state index contributed by atoms with van der Waals surface area (Å²) in [5.74, 6) is -0.255. The van der Waals surface area contributed by atoms with E-state index in [4.69, 9.17) is 39.5 Å². The van der Waals surface area contributed by atoms with Crippen molar-refractivity contribution in [2.24, 2.45) is 0 Å². The molecule has 0 spiro atoms. The van der Waals surface area contributed by atoms with Crippen molar-refractivity contribution in [1.29, 1.82) is 0 Å². The minimum atomic E-state index is -3.97. The number of hydrogen-bond acceptors (Lipinski definition) is 5. The largest absolute Gasteiger partial charge is 0.372 e. The summed E-state index contributed by atoms with van der Waals surface area (Å²) in [7, 11) is -3.97. The molecule has 0 radical (unpaired) electrons. The molecular formula is C26H32Cl3N3O4S. The number of hydrogen-bond donors (Lipinski definition) is 1. The van der Waals surface area contributed by atoms with E-state index >= 15 is 0 Å². The van der Waals surface area contributed by atoms with E-state index in [0.29, 0.717) is 19.5 Å². The topological polar surface area (TPSA) is 78.9 Å². The zero-order valence-corrected chi connectivity index (χ0v) is 23.7. The highest BCUT2D eigenvalue weighted by molar-refractivity contribution is 7.89. The van der Waals surface area contributed by atoms with E-state index in [9.17, 15) is 13.2 Å². The Bertz CT molecular complexity index is 1170. The van der Waals surface area contributed by atoms with Gasteiger partial charge in [-0.1, -0.05) is 53.4 Å². The zero-order valence-electron chi connectivity index (χ0n) is 20.6. The van der Waals surface area contributed by atoms with Crippen molar-refractivity contribution in [3.05, 3.63) is 57.0 Å². The Balaban J connectivity index is 1.28. The second kappa shape index (κ2) is 13.0. The molecule has 1 N–H and O–H groups in total. The molecule has 2 fully saturated rings. The number of carbonyl (C=O) groups is 1. The van der Waals surface area contributed by atoms with E-state index in [1.807, 2.05) is 12.1 Å². The lowest BCUT2D eigenvalue weighted by molar-refractivity contribution is -0.126. The van der Waals surface area contributed by atoms with Crippen molar-refractivity contribution in [1.82, 2.24) is 9.62 Å². The number of piperidine rings is 2. The molecular weight excluding hydrogens is 557 g/mol. The minimum Gasteiger partial charge on any atom is -0.372 e. The van der Waals surface area contributed by atoms with E-state index in [-0.39, 0.29) is 39.1 Å². The van der Waals surface area contributed by atoms with Crippen LogP contribution < -0.4 is 10.2 Å². The molecule has 202 valence electrons. The molecule has 0 aliphatic carbocycles. The molecule has 2 aliphatic rings. The van der Waals surface area contributed by atoms with Crippen LogP contribution in [0.5, 0.6) is 0 Å². The van der Waals surface area contributed by atoms with Gasteiger partial charge in [0.15, 0.2) is 0 Å². The van der Waals surface area contributed by atoms with Crippen molar-refractivity contribution < 1.29 is 17.9 Å². The minimum absolute atomic E-state index is 0.0221. The molecule has 2 aromatic carbocycles. The number of halogens is 3. The standard InChI is InChI=1S/C26H32Cl3N3O4S/c27-20-14-23(28)26(24(29)15-20)37(34,35)32-13-5-2-6-22(32)17-36-18-25(33)30-16-19-7-9-21(10-8-19)31-11-3-1-4-12-31/h7-10,14-15,22H,1-6,11-13,16-18H2,(H,30,33). The first-order chi connectivity index (χ1) is 17.8. The second-order valence-corrected chi connectivity index (χ2v) is 12.5. The van der Waals surface area contributed by atoms with Crippen LogP contribution in [-0.2, 0) is 26.1 Å². The van der Waals surface area contributed by atoms with E-state index in [0.717, 1.165) is 31.5 Å². The van der Waals surface area contributed by atoms with E-state index in [1.165, 1.54) is 41.4 Å². The number of amides is 1. The molecule has 2 aliphatic heterocycles. The molecule has 1 unspecified atom stereocenters. The van der Waals surface area contributed by atoms with Crippen molar-refractivity contribution >= 4 is 56.4 Å². The number of benzene rings is 2. The summed E-state index contributed by atoms with van der Waals surface area (Å²) in [6.45, 7) is 2.85. The van der Waals surface area contributed by atoms with Gasteiger partial charge in [-0.15, -0.1) is 0 Å². The van der Waals surface area contributed by atoms with Gasteiger partial charge in [-0.05, 0) is 61.9 Å². The summed E-state index contributed by atoms with van der Waals surface area (Å²) < 4.78 is 33.8. The number of carbonyl (C=O) groups excluding carboxylic acids is 1. The second-order valence-electron chi connectivity index (χ2n) is 9.47. The molecule has 0 aromatic heterocycles. The fourth-order valence-corrected chi connectivity index (χ4v) is 8.04. The Morgan fingerprint density at radius 2 is 1.59 bits per heavy atom. The van der Waals surface area contributed by atoms with Gasteiger partial charge < -0.3 is 15.0 Å². The van der Waals surface area contributed by atoms with Crippen LogP contribution in [0.4, 0.5) is 5.69 Å². The monoisotopic (exact) mass is 587 g/mol. The van der Waals surface area contributed by atoms with Gasteiger partial charge in [0.05, 0.1) is 16.7 Å². The SMILES string of the molecule is O=C(COCC1CCCCN1S(=O)(=O)c1c(Cl)cc(Cl)cc1Cl)NCc1ccc(N2CCCCC2)cc1. The predicted octanol–water partition coefficient (Wildman–Crippen LogP) is 5.51. The highest BCUT2D eigenvalue weighted by Gasteiger charge is 2.36. The van der Waals surface area contributed by atoms with Gasteiger partial charge in [0.25, 0.3) is 0 Å². The summed E-state index contributed by atoms with van der Waals surface area (Å²) in [5.41, 5.74) is 2.22. The maximum absolute atomic E-state index is 13.4. The fourth-order valence-electron chi connectivity index (χ4n) is 4.87. The highest BCUT2D eigenvalue weighted by Crippen LogP contribution is 2.36. The number of anilines is 1. The Hall–Kier alpha value is -1.55. The number of sulfonamides is 1. The molecule has 4 rings (SSSR count). The van der Waals surface area contributed by atoms with E-state index in [2.05, 4.69) is 22.3 Å². The van der Waals surface area contributed by atoms with Crippen molar-refractivity contribution in [2.75, 3.05) is 37.7 Å². The van der Waals surface area contributed by atoms with Gasteiger partial charge in [0.1, 0.15) is 11.5 Å². The van der Waals surface area contributed by atoms with Gasteiger partial charge in [-0.3, -0.25) is 4.79 Å². The number of nitrogens with one attached hydrogen (secondary N) is 1. The summed E-state index contributed by atoms with van der Waals surface area (Å²) in [4.78, 5) is 14.6. The van der Waals surface area contributed by atoms with Crippen LogP contribution in [0.2, 0.25) is 15.1 Å². The van der Waals surface area contributed by atoms with Crippen LogP contribution >= 0.6 is 34.8 Å². The Morgan fingerprint density at radius 1 is 0.946 bits per heavy atom. The number of ether oxygens (including phenoxy) is 1. The smallest absolute Gasteiger partial charge is 0.246 e. The maximum atomic E-state index is 13.4. The van der Waals surface area contributed by atoms with Crippen LogP contribution in [0.25, 0.3) is 0 Å². The normalized spacial score (nSPS) is 19.1. The Labute approximate surface area is 234 Å². The van der Waals surface area contributed by atoms with E-state index in [1.54, 1.807) is 0 Å². The Kier molecular flexibility index (Phi) is 10.00. The summed E-state index contributed by atoms with van der Waals surface area (Å²) in [5, 5.41) is 3.08. The third kappa shape index (κ3) is 7.31. The molecule has 1 amide bonds. The van der Waals surface area contributed by atoms with E-state index < -0.39 is 16.1 Å². The van der Waals surface area contributed by atoms with Crippen LogP contribution in [0.3, 0.4) is 0 Å². The molecule has 2 aromatic rings. The van der Waals surface area contributed by atoms with Gasteiger partial charge in [0, 0.05) is 42.9 Å². The quantitative estimate of drug-likeness (QED) is 0.418. The first-order valence-electron chi connectivity index (χ1n) is 12.6. The molecule has 0 saturated carbocycles. The third-order valence-corrected chi connectivity index (χ3v) is 9.89. The average molecular weight is 589 g/mol.